The fraction of sp³-hybridized carbons (Fsp3) is 0.182. The van der Waals surface area contributed by atoms with Crippen LogP contribution in [0.3, 0.4) is 0 Å². The lowest BCUT2D eigenvalue weighted by Gasteiger charge is -2.20. The average molecular weight is 544 g/mol. The molecule has 1 atom stereocenters. The first-order valence-electron chi connectivity index (χ1n) is 13.5. The highest BCUT2D eigenvalue weighted by Crippen LogP contribution is 2.35. The molecule has 2 aliphatic heterocycles. The molecule has 41 heavy (non-hydrogen) atoms. The van der Waals surface area contributed by atoms with Crippen molar-refractivity contribution in [2.75, 3.05) is 35.8 Å². The van der Waals surface area contributed by atoms with E-state index < -0.39 is 5.92 Å². The molecule has 3 aliphatic rings. The number of hydrogen-bond donors (Lipinski definition) is 1. The third-order valence-electron chi connectivity index (χ3n) is 7.58. The number of benzene rings is 3. The number of amides is 3. The van der Waals surface area contributed by atoms with Crippen molar-refractivity contribution in [1.29, 1.82) is 0 Å². The molecule has 0 fully saturated rings. The lowest BCUT2D eigenvalue weighted by Crippen LogP contribution is -2.30. The molecule has 0 saturated heterocycles. The van der Waals surface area contributed by atoms with E-state index in [0.29, 0.717) is 23.5 Å². The van der Waals surface area contributed by atoms with E-state index in [4.69, 9.17) is 0 Å². The summed E-state index contributed by atoms with van der Waals surface area (Å²) in [5, 5.41) is 11.0. The van der Waals surface area contributed by atoms with Crippen LogP contribution < -0.4 is 15.1 Å². The summed E-state index contributed by atoms with van der Waals surface area (Å²) in [4.78, 5) is 42.1. The molecule has 0 aromatic heterocycles. The van der Waals surface area contributed by atoms with E-state index in [0.717, 1.165) is 40.1 Å². The molecule has 3 aromatic rings. The maximum atomic E-state index is 13.4. The lowest BCUT2D eigenvalue weighted by molar-refractivity contribution is -0.120. The molecule has 0 spiro atoms. The highest BCUT2D eigenvalue weighted by atomic mass is 16.2. The van der Waals surface area contributed by atoms with E-state index in [1.807, 2.05) is 97.9 Å². The first-order chi connectivity index (χ1) is 19.9. The molecular formula is C33H29N5O3. The summed E-state index contributed by atoms with van der Waals surface area (Å²) in [6.45, 7) is 0.599. The number of allylic oxidation sites excluding steroid dienone is 3. The van der Waals surface area contributed by atoms with Gasteiger partial charge in [0.15, 0.2) is 0 Å². The molecule has 1 N–H and O–H groups in total. The number of hydrogen-bond acceptors (Lipinski definition) is 5. The van der Waals surface area contributed by atoms with Crippen LogP contribution in [0.15, 0.2) is 107 Å². The molecule has 2 heterocycles. The van der Waals surface area contributed by atoms with Gasteiger partial charge in [-0.2, -0.15) is 0 Å². The summed E-state index contributed by atoms with van der Waals surface area (Å²) >= 11 is 0. The minimum atomic E-state index is -0.401. The minimum Gasteiger partial charge on any atom is -0.378 e. The number of nitrogens with zero attached hydrogens (tertiary/aromatic N) is 4. The number of anilines is 3. The van der Waals surface area contributed by atoms with Crippen LogP contribution in [-0.4, -0.2) is 38.4 Å². The monoisotopic (exact) mass is 543 g/mol. The highest BCUT2D eigenvalue weighted by molar-refractivity contribution is 6.05. The van der Waals surface area contributed by atoms with E-state index in [1.54, 1.807) is 17.0 Å². The smallest absolute Gasteiger partial charge is 0.276 e. The van der Waals surface area contributed by atoms with Gasteiger partial charge in [0.2, 0.25) is 5.91 Å². The van der Waals surface area contributed by atoms with Crippen LogP contribution in [0.4, 0.5) is 17.1 Å². The predicted octanol–water partition coefficient (Wildman–Crippen LogP) is 5.58. The zero-order valence-electron chi connectivity index (χ0n) is 22.9. The second-order valence-corrected chi connectivity index (χ2v) is 10.5. The van der Waals surface area contributed by atoms with Gasteiger partial charge in [0, 0.05) is 48.8 Å². The Kier molecular flexibility index (Phi) is 6.89. The van der Waals surface area contributed by atoms with Crippen LogP contribution >= 0.6 is 0 Å². The van der Waals surface area contributed by atoms with Crippen molar-refractivity contribution < 1.29 is 14.4 Å². The summed E-state index contributed by atoms with van der Waals surface area (Å²) in [6.07, 6.45) is 8.47. The maximum absolute atomic E-state index is 13.4. The van der Waals surface area contributed by atoms with Crippen LogP contribution in [0, 0.1) is 5.92 Å². The van der Waals surface area contributed by atoms with Gasteiger partial charge in [0.25, 0.3) is 11.8 Å². The van der Waals surface area contributed by atoms with Gasteiger partial charge in [-0.25, -0.2) is 0 Å². The van der Waals surface area contributed by atoms with Crippen LogP contribution in [0.25, 0.3) is 5.70 Å². The quantitative estimate of drug-likeness (QED) is 0.439. The third kappa shape index (κ3) is 5.24. The van der Waals surface area contributed by atoms with Crippen molar-refractivity contribution >= 4 is 40.5 Å². The molecule has 204 valence electrons. The van der Waals surface area contributed by atoms with Crippen LogP contribution in [0.5, 0.6) is 0 Å². The number of fused-ring (bicyclic) bond motifs is 2. The Labute approximate surface area is 238 Å². The predicted molar refractivity (Wildman–Crippen MR) is 160 cm³/mol. The van der Waals surface area contributed by atoms with Gasteiger partial charge in [0.05, 0.1) is 18.0 Å². The first-order valence-corrected chi connectivity index (χ1v) is 13.5. The number of carbonyl (C=O) groups excluding carboxylic acids is 3. The number of rotatable bonds is 6. The molecule has 1 aliphatic carbocycles. The van der Waals surface area contributed by atoms with Crippen molar-refractivity contribution in [2.45, 2.75) is 12.8 Å². The van der Waals surface area contributed by atoms with Crippen LogP contribution in [-0.2, 0) is 22.4 Å². The van der Waals surface area contributed by atoms with Crippen LogP contribution in [0.2, 0.25) is 0 Å². The molecule has 0 saturated carbocycles. The molecule has 8 nitrogen and oxygen atoms in total. The van der Waals surface area contributed by atoms with Crippen LogP contribution in [0.1, 0.15) is 27.0 Å². The molecule has 6 rings (SSSR count). The Balaban J connectivity index is 1.14. The van der Waals surface area contributed by atoms with Gasteiger partial charge in [0.1, 0.15) is 0 Å². The standard InChI is InChI=1S/C33H29N5O3/c1-37(2)26-15-12-24(13-16-26)32(40)34-25-14-11-22-17-18-38(29(22)20-25)30(39)19-21-7-9-23(10-8-21)31-27-5-3-4-6-28(27)33(41)36-35-31/h3-16,20,28H,17-19H2,1-2H3,(H,34,40). The van der Waals surface area contributed by atoms with Crippen molar-refractivity contribution in [1.82, 2.24) is 0 Å². The van der Waals surface area contributed by atoms with Crippen molar-refractivity contribution in [3.8, 4) is 0 Å². The Morgan fingerprint density at radius 2 is 1.76 bits per heavy atom. The average Bonchev–Trinajstić information content (AvgIpc) is 3.42. The molecule has 1 unspecified atom stereocenters. The largest absolute Gasteiger partial charge is 0.378 e. The maximum Gasteiger partial charge on any atom is 0.276 e. The van der Waals surface area contributed by atoms with Crippen molar-refractivity contribution in [3.63, 3.8) is 0 Å². The van der Waals surface area contributed by atoms with Crippen molar-refractivity contribution in [3.05, 3.63) is 119 Å². The minimum absolute atomic E-state index is 0.00959. The van der Waals surface area contributed by atoms with Gasteiger partial charge in [-0.3, -0.25) is 14.4 Å². The second-order valence-electron chi connectivity index (χ2n) is 10.5. The van der Waals surface area contributed by atoms with Gasteiger partial charge in [-0.05, 0) is 59.5 Å². The molecule has 8 heteroatoms. The molecular weight excluding hydrogens is 514 g/mol. The fourth-order valence-electron chi connectivity index (χ4n) is 5.31. The molecule has 0 bridgehead atoms. The Bertz CT molecular complexity index is 1660. The molecule has 3 aromatic carbocycles. The van der Waals surface area contributed by atoms with Crippen molar-refractivity contribution in [2.24, 2.45) is 16.1 Å². The topological polar surface area (TPSA) is 94.4 Å². The fourth-order valence-corrected chi connectivity index (χ4v) is 5.31. The number of nitrogens with one attached hydrogen (secondary N) is 1. The normalized spacial score (nSPS) is 17.0. The second kappa shape index (κ2) is 10.8. The van der Waals surface area contributed by atoms with E-state index >= 15 is 0 Å². The third-order valence-corrected chi connectivity index (χ3v) is 7.58. The zero-order chi connectivity index (χ0) is 28.5. The Hall–Kier alpha value is -5.11. The van der Waals surface area contributed by atoms with E-state index in [1.165, 1.54) is 0 Å². The first kappa shape index (κ1) is 26.1. The Morgan fingerprint density at radius 3 is 2.51 bits per heavy atom. The summed E-state index contributed by atoms with van der Waals surface area (Å²) < 4.78 is 0. The lowest BCUT2D eigenvalue weighted by atomic mass is 9.89. The van der Waals surface area contributed by atoms with E-state index in [2.05, 4.69) is 15.5 Å². The SMILES string of the molecule is CN(C)c1ccc(C(=O)Nc2ccc3c(c2)N(C(=O)Cc2ccc(C4=C5C=CC=CC5C(=O)N=N4)cc2)CC3)cc1. The summed E-state index contributed by atoms with van der Waals surface area (Å²) in [6, 6.07) is 20.8. The summed E-state index contributed by atoms with van der Waals surface area (Å²) in [5.41, 5.74) is 7.37. The van der Waals surface area contributed by atoms with E-state index in [-0.39, 0.29) is 24.1 Å². The van der Waals surface area contributed by atoms with E-state index in [9.17, 15) is 14.4 Å². The highest BCUT2D eigenvalue weighted by Gasteiger charge is 2.28. The number of azo groups is 1. The van der Waals surface area contributed by atoms with Gasteiger partial charge < -0.3 is 15.1 Å². The van der Waals surface area contributed by atoms with Gasteiger partial charge >= 0.3 is 0 Å². The molecule has 0 radical (unpaired) electrons. The van der Waals surface area contributed by atoms with Gasteiger partial charge in [-0.1, -0.05) is 54.6 Å². The zero-order valence-corrected chi connectivity index (χ0v) is 22.9. The summed E-state index contributed by atoms with van der Waals surface area (Å²) in [5.74, 6) is -0.874. The number of carbonyl (C=O) groups is 3. The van der Waals surface area contributed by atoms with Gasteiger partial charge in [-0.15, -0.1) is 10.2 Å². The summed E-state index contributed by atoms with van der Waals surface area (Å²) in [7, 11) is 3.91. The Morgan fingerprint density at radius 1 is 0.976 bits per heavy atom. The molecule has 3 amide bonds.